The lowest BCUT2D eigenvalue weighted by atomic mass is 10.2. The van der Waals surface area contributed by atoms with Crippen LogP contribution >= 0.6 is 0 Å². The lowest BCUT2D eigenvalue weighted by molar-refractivity contribution is -0.136. The average Bonchev–Trinajstić information content (AvgIpc) is 2.77. The van der Waals surface area contributed by atoms with Gasteiger partial charge in [-0.3, -0.25) is 4.72 Å². The third kappa shape index (κ3) is 1.72. The Labute approximate surface area is 120 Å². The van der Waals surface area contributed by atoms with Crippen molar-refractivity contribution in [3.63, 3.8) is 0 Å². The van der Waals surface area contributed by atoms with Gasteiger partial charge in [-0.25, -0.2) is 13.2 Å². The summed E-state index contributed by atoms with van der Waals surface area (Å²) in [6.07, 6.45) is 0. The predicted molar refractivity (Wildman–Crippen MR) is 74.8 cm³/mol. The number of benzene rings is 1. The molecule has 0 fully saturated rings. The highest BCUT2D eigenvalue weighted by Crippen LogP contribution is 2.36. The van der Waals surface area contributed by atoms with Crippen molar-refractivity contribution in [3.8, 4) is 0 Å². The van der Waals surface area contributed by atoms with E-state index in [4.69, 9.17) is 0 Å². The smallest absolute Gasteiger partial charge is 0.359 e. The highest BCUT2D eigenvalue weighted by molar-refractivity contribution is 7.90. The summed E-state index contributed by atoms with van der Waals surface area (Å²) in [4.78, 5) is 11.6. The summed E-state index contributed by atoms with van der Waals surface area (Å²) in [5.41, 5.74) is 0.205. The Morgan fingerprint density at radius 3 is 2.67 bits per heavy atom. The van der Waals surface area contributed by atoms with E-state index in [-0.39, 0.29) is 10.6 Å². The molecule has 21 heavy (non-hydrogen) atoms. The molecule has 0 radical (unpaired) electrons. The molecule has 2 aromatic rings. The number of aliphatic hydroxyl groups is 1. The fourth-order valence-corrected chi connectivity index (χ4v) is 3.99. The number of esters is 1. The number of carbonyl (C=O) groups is 1. The van der Waals surface area contributed by atoms with Crippen molar-refractivity contribution in [3.05, 3.63) is 35.7 Å². The number of hydrogen-bond donors (Lipinski definition) is 2. The number of sulfonamides is 1. The molecule has 1 aromatic carbocycles. The van der Waals surface area contributed by atoms with E-state index in [1.165, 1.54) is 4.57 Å². The van der Waals surface area contributed by atoms with Crippen molar-refractivity contribution in [2.24, 2.45) is 7.05 Å². The van der Waals surface area contributed by atoms with Crippen molar-refractivity contribution >= 4 is 32.7 Å². The monoisotopic (exact) mass is 308 g/mol. The first-order valence-corrected chi connectivity index (χ1v) is 7.49. The van der Waals surface area contributed by atoms with E-state index in [1.807, 2.05) is 0 Å². The lowest BCUT2D eigenvalue weighted by Gasteiger charge is -2.18. The van der Waals surface area contributed by atoms with Crippen molar-refractivity contribution < 1.29 is 23.1 Å². The van der Waals surface area contributed by atoms with Gasteiger partial charge in [-0.2, -0.15) is 0 Å². The van der Waals surface area contributed by atoms with Crippen molar-refractivity contribution in [1.82, 2.24) is 9.29 Å². The summed E-state index contributed by atoms with van der Waals surface area (Å²) in [5, 5.41) is 10.7. The van der Waals surface area contributed by atoms with Crippen LogP contribution in [0.5, 0.6) is 0 Å². The molecule has 0 unspecified atom stereocenters. The van der Waals surface area contributed by atoms with Crippen molar-refractivity contribution in [2.45, 2.75) is 4.90 Å². The van der Waals surface area contributed by atoms with E-state index in [0.29, 0.717) is 10.9 Å². The lowest BCUT2D eigenvalue weighted by Crippen LogP contribution is -2.33. The van der Waals surface area contributed by atoms with Gasteiger partial charge in [-0.1, -0.05) is 18.2 Å². The van der Waals surface area contributed by atoms with E-state index < -0.39 is 27.4 Å². The largest absolute Gasteiger partial charge is 0.504 e. The van der Waals surface area contributed by atoms with E-state index in [0.717, 1.165) is 7.11 Å². The summed E-state index contributed by atoms with van der Waals surface area (Å²) in [6.45, 7) is 0. The van der Waals surface area contributed by atoms with E-state index in [2.05, 4.69) is 9.46 Å². The number of aryl methyl sites for hydroxylation is 1. The predicted octanol–water partition coefficient (Wildman–Crippen LogP) is 0.870. The van der Waals surface area contributed by atoms with Gasteiger partial charge in [-0.15, -0.1) is 0 Å². The summed E-state index contributed by atoms with van der Waals surface area (Å²) < 4.78 is 32.9. The van der Waals surface area contributed by atoms with Gasteiger partial charge < -0.3 is 14.4 Å². The number of nitrogens with one attached hydrogen (secondary N) is 1. The van der Waals surface area contributed by atoms with Gasteiger partial charge in [0.1, 0.15) is 10.6 Å². The molecule has 1 aliphatic heterocycles. The van der Waals surface area contributed by atoms with E-state index >= 15 is 0 Å². The minimum Gasteiger partial charge on any atom is -0.504 e. The third-order valence-electron chi connectivity index (χ3n) is 3.42. The van der Waals surface area contributed by atoms with Gasteiger partial charge in [0, 0.05) is 18.0 Å². The molecule has 0 aliphatic carbocycles. The molecule has 0 bridgehead atoms. The second-order valence-corrected chi connectivity index (χ2v) is 6.19. The molecule has 1 aromatic heterocycles. The zero-order chi connectivity index (χ0) is 15.4. The summed E-state index contributed by atoms with van der Waals surface area (Å²) >= 11 is 0. The van der Waals surface area contributed by atoms with Crippen LogP contribution in [0.3, 0.4) is 0 Å². The number of methoxy groups -OCH3 is 1. The summed E-state index contributed by atoms with van der Waals surface area (Å²) in [7, 11) is -1.25. The number of fused-ring (bicyclic) bond motifs is 3. The molecule has 1 aliphatic rings. The van der Waals surface area contributed by atoms with Crippen molar-refractivity contribution in [2.75, 3.05) is 7.11 Å². The summed E-state index contributed by atoms with van der Waals surface area (Å²) in [5.74, 6) is -1.41. The molecular formula is C13H12N2O5S. The Kier molecular flexibility index (Phi) is 2.74. The maximum Gasteiger partial charge on any atom is 0.359 e. The molecule has 0 amide bonds. The molecule has 0 saturated carbocycles. The minimum absolute atomic E-state index is 0.0502. The fraction of sp³-hybridized carbons (Fsp3) is 0.154. The quantitative estimate of drug-likeness (QED) is 0.762. The third-order valence-corrected chi connectivity index (χ3v) is 4.84. The van der Waals surface area contributed by atoms with Crippen LogP contribution in [0.2, 0.25) is 0 Å². The Morgan fingerprint density at radius 1 is 1.33 bits per heavy atom. The zero-order valence-corrected chi connectivity index (χ0v) is 12.1. The van der Waals surface area contributed by atoms with Crippen LogP contribution in [-0.2, 0) is 26.6 Å². The van der Waals surface area contributed by atoms with Crippen LogP contribution in [-0.4, -0.2) is 31.2 Å². The Hall–Kier alpha value is -2.48. The number of hydrogen-bond acceptors (Lipinski definition) is 5. The SMILES string of the molecule is COC(=O)C1=C(O)c2c(c3ccccc3n2C)S(=O)(=O)N1. The second kappa shape index (κ2) is 4.26. The van der Waals surface area contributed by atoms with Gasteiger partial charge in [0.2, 0.25) is 0 Å². The standard InChI is InChI=1S/C13H12N2O5S/c1-15-8-6-4-3-5-7(8)12-10(15)11(16)9(13(17)20-2)14-21(12,18)19/h3-6,14,16H,1-2H3. The minimum atomic E-state index is -3.97. The topological polar surface area (TPSA) is 97.6 Å². The number of para-hydroxylation sites is 1. The second-order valence-electron chi connectivity index (χ2n) is 4.57. The molecule has 110 valence electrons. The normalized spacial score (nSPS) is 16.5. The maximum atomic E-state index is 12.4. The molecule has 0 saturated heterocycles. The van der Waals surface area contributed by atoms with Crippen molar-refractivity contribution in [1.29, 1.82) is 0 Å². The van der Waals surface area contributed by atoms with Crippen LogP contribution in [0.4, 0.5) is 0 Å². The first-order valence-electron chi connectivity index (χ1n) is 6.00. The Balaban J connectivity index is 2.48. The molecule has 2 N–H and O–H groups in total. The van der Waals surface area contributed by atoms with Crippen LogP contribution in [0.1, 0.15) is 5.69 Å². The zero-order valence-electron chi connectivity index (χ0n) is 11.2. The Morgan fingerprint density at radius 2 is 2.00 bits per heavy atom. The number of aromatic nitrogens is 1. The van der Waals surface area contributed by atoms with Gasteiger partial charge in [0.05, 0.1) is 7.11 Å². The van der Waals surface area contributed by atoms with Crippen LogP contribution in [0, 0.1) is 0 Å². The maximum absolute atomic E-state index is 12.4. The molecular weight excluding hydrogens is 296 g/mol. The van der Waals surface area contributed by atoms with Gasteiger partial charge >= 0.3 is 5.97 Å². The Bertz CT molecular complexity index is 908. The molecule has 8 heteroatoms. The number of aliphatic hydroxyl groups excluding tert-OH is 1. The van der Waals surface area contributed by atoms with Crippen LogP contribution < -0.4 is 4.72 Å². The molecule has 2 heterocycles. The molecule has 0 spiro atoms. The number of ether oxygens (including phenoxy) is 1. The molecule has 7 nitrogen and oxygen atoms in total. The number of carbonyl (C=O) groups excluding carboxylic acids is 1. The highest BCUT2D eigenvalue weighted by Gasteiger charge is 2.37. The van der Waals surface area contributed by atoms with Gasteiger partial charge in [0.25, 0.3) is 10.0 Å². The van der Waals surface area contributed by atoms with Crippen LogP contribution in [0.15, 0.2) is 34.9 Å². The fourth-order valence-electron chi connectivity index (χ4n) is 2.49. The highest BCUT2D eigenvalue weighted by atomic mass is 32.2. The number of nitrogens with zero attached hydrogens (tertiary/aromatic N) is 1. The van der Waals surface area contributed by atoms with Crippen LogP contribution in [0.25, 0.3) is 16.7 Å². The van der Waals surface area contributed by atoms with E-state index in [9.17, 15) is 18.3 Å². The summed E-state index contributed by atoms with van der Waals surface area (Å²) in [6, 6.07) is 6.84. The molecule has 0 atom stereocenters. The van der Waals surface area contributed by atoms with Gasteiger partial charge in [-0.05, 0) is 6.07 Å². The first kappa shape index (κ1) is 13.5. The number of rotatable bonds is 1. The molecule has 3 rings (SSSR count). The van der Waals surface area contributed by atoms with E-state index in [1.54, 1.807) is 31.3 Å². The van der Waals surface area contributed by atoms with Gasteiger partial charge in [0.15, 0.2) is 11.5 Å². The average molecular weight is 308 g/mol. The first-order chi connectivity index (χ1) is 9.88.